The topological polar surface area (TPSA) is 58.6 Å². The van der Waals surface area contributed by atoms with Crippen LogP contribution in [-0.4, -0.2) is 25.5 Å². The van der Waals surface area contributed by atoms with Crippen LogP contribution in [0.25, 0.3) is 0 Å². The fourth-order valence-corrected chi connectivity index (χ4v) is 3.46. The molecule has 1 unspecified atom stereocenters. The molecular formula is C22H26N2O3. The van der Waals surface area contributed by atoms with Gasteiger partial charge in [0.2, 0.25) is 11.8 Å². The molecular weight excluding hydrogens is 340 g/mol. The van der Waals surface area contributed by atoms with Gasteiger partial charge in [0.25, 0.3) is 0 Å². The van der Waals surface area contributed by atoms with Gasteiger partial charge in [-0.3, -0.25) is 9.59 Å². The average molecular weight is 366 g/mol. The first-order valence-electron chi connectivity index (χ1n) is 9.25. The van der Waals surface area contributed by atoms with Crippen molar-refractivity contribution in [1.82, 2.24) is 0 Å². The highest BCUT2D eigenvalue weighted by Crippen LogP contribution is 2.30. The van der Waals surface area contributed by atoms with Crippen LogP contribution in [0.15, 0.2) is 42.5 Å². The summed E-state index contributed by atoms with van der Waals surface area (Å²) in [4.78, 5) is 27.0. The summed E-state index contributed by atoms with van der Waals surface area (Å²) in [5.41, 5.74) is 3.80. The summed E-state index contributed by atoms with van der Waals surface area (Å²) >= 11 is 0. The molecule has 1 atom stereocenters. The van der Waals surface area contributed by atoms with E-state index in [2.05, 4.69) is 19.2 Å². The van der Waals surface area contributed by atoms with Crippen LogP contribution in [-0.2, 0) is 9.59 Å². The minimum atomic E-state index is -0.362. The number of aryl methyl sites for hydroxylation is 1. The molecule has 5 nitrogen and oxygen atoms in total. The van der Waals surface area contributed by atoms with Crippen LogP contribution in [0.4, 0.5) is 11.4 Å². The summed E-state index contributed by atoms with van der Waals surface area (Å²) in [5, 5.41) is 3.08. The molecule has 0 spiro atoms. The first-order chi connectivity index (χ1) is 12.9. The third kappa shape index (κ3) is 3.97. The molecule has 1 heterocycles. The van der Waals surface area contributed by atoms with E-state index in [0.717, 1.165) is 28.3 Å². The lowest BCUT2D eigenvalue weighted by molar-refractivity contribution is -0.122. The second kappa shape index (κ2) is 7.82. The number of carbonyl (C=O) groups is 2. The number of para-hydroxylation sites is 1. The van der Waals surface area contributed by atoms with Crippen molar-refractivity contribution in [2.24, 2.45) is 5.92 Å². The van der Waals surface area contributed by atoms with E-state index in [-0.39, 0.29) is 24.2 Å². The second-order valence-corrected chi connectivity index (χ2v) is 7.29. The fraction of sp³-hybridized carbons (Fsp3) is 0.364. The summed E-state index contributed by atoms with van der Waals surface area (Å²) in [6.07, 6.45) is 0.223. The number of amides is 2. The summed E-state index contributed by atoms with van der Waals surface area (Å²) in [7, 11) is 1.60. The second-order valence-electron chi connectivity index (χ2n) is 7.29. The normalized spacial score (nSPS) is 16.7. The number of rotatable bonds is 5. The minimum Gasteiger partial charge on any atom is -0.497 e. The molecule has 1 fully saturated rings. The Hall–Kier alpha value is -2.82. The van der Waals surface area contributed by atoms with Crippen LogP contribution >= 0.6 is 0 Å². The SMILES string of the molecule is COc1ccc(N2CC(C(=O)Nc3c(C)cccc3C(C)C)CC2=O)cc1. The number of hydrogen-bond donors (Lipinski definition) is 1. The van der Waals surface area contributed by atoms with Crippen molar-refractivity contribution < 1.29 is 14.3 Å². The van der Waals surface area contributed by atoms with Crippen LogP contribution in [0, 0.1) is 12.8 Å². The molecule has 0 aliphatic carbocycles. The van der Waals surface area contributed by atoms with Gasteiger partial charge in [-0.15, -0.1) is 0 Å². The monoisotopic (exact) mass is 366 g/mol. The number of methoxy groups -OCH3 is 1. The highest BCUT2D eigenvalue weighted by atomic mass is 16.5. The number of carbonyl (C=O) groups excluding carboxylic acids is 2. The first kappa shape index (κ1) is 19.0. The van der Waals surface area contributed by atoms with E-state index >= 15 is 0 Å². The molecule has 1 aliphatic heterocycles. The van der Waals surface area contributed by atoms with Gasteiger partial charge < -0.3 is 15.0 Å². The lowest BCUT2D eigenvalue weighted by Crippen LogP contribution is -2.28. The Morgan fingerprint density at radius 1 is 1.19 bits per heavy atom. The Labute approximate surface area is 160 Å². The van der Waals surface area contributed by atoms with Gasteiger partial charge in [0, 0.05) is 24.3 Å². The molecule has 1 N–H and O–H groups in total. The number of hydrogen-bond acceptors (Lipinski definition) is 3. The van der Waals surface area contributed by atoms with Gasteiger partial charge in [-0.05, 0) is 48.2 Å². The van der Waals surface area contributed by atoms with Crippen LogP contribution < -0.4 is 15.0 Å². The van der Waals surface area contributed by atoms with Gasteiger partial charge in [0.1, 0.15) is 5.75 Å². The molecule has 27 heavy (non-hydrogen) atoms. The maximum atomic E-state index is 12.9. The predicted molar refractivity (Wildman–Crippen MR) is 107 cm³/mol. The van der Waals surface area contributed by atoms with Gasteiger partial charge in [-0.25, -0.2) is 0 Å². The van der Waals surface area contributed by atoms with Gasteiger partial charge in [0.15, 0.2) is 0 Å². The standard InChI is InChI=1S/C22H26N2O3/c1-14(2)19-7-5-6-15(3)21(19)23-22(26)16-12-20(25)24(13-16)17-8-10-18(27-4)11-9-17/h5-11,14,16H,12-13H2,1-4H3,(H,23,26). The van der Waals surface area contributed by atoms with Crippen molar-refractivity contribution >= 4 is 23.2 Å². The Kier molecular flexibility index (Phi) is 5.49. The Balaban J connectivity index is 1.75. The molecule has 1 saturated heterocycles. The molecule has 5 heteroatoms. The lowest BCUT2D eigenvalue weighted by Gasteiger charge is -2.19. The van der Waals surface area contributed by atoms with E-state index in [1.165, 1.54) is 0 Å². The zero-order valence-electron chi connectivity index (χ0n) is 16.3. The van der Waals surface area contributed by atoms with Crippen molar-refractivity contribution in [3.63, 3.8) is 0 Å². The van der Waals surface area contributed by atoms with E-state index in [0.29, 0.717) is 12.5 Å². The molecule has 3 rings (SSSR count). The quantitative estimate of drug-likeness (QED) is 0.866. The Bertz CT molecular complexity index is 843. The summed E-state index contributed by atoms with van der Waals surface area (Å²) < 4.78 is 5.16. The summed E-state index contributed by atoms with van der Waals surface area (Å²) in [5.74, 6) is 0.547. The lowest BCUT2D eigenvalue weighted by atomic mass is 9.97. The molecule has 0 saturated carbocycles. The molecule has 142 valence electrons. The van der Waals surface area contributed by atoms with Gasteiger partial charge in [-0.2, -0.15) is 0 Å². The maximum absolute atomic E-state index is 12.9. The molecule has 0 bridgehead atoms. The fourth-order valence-electron chi connectivity index (χ4n) is 3.46. The zero-order chi connectivity index (χ0) is 19.6. The van der Waals surface area contributed by atoms with E-state index in [9.17, 15) is 9.59 Å². The van der Waals surface area contributed by atoms with Crippen molar-refractivity contribution in [1.29, 1.82) is 0 Å². The maximum Gasteiger partial charge on any atom is 0.229 e. The highest BCUT2D eigenvalue weighted by Gasteiger charge is 2.35. The third-order valence-electron chi connectivity index (χ3n) is 5.06. The van der Waals surface area contributed by atoms with Crippen molar-refractivity contribution in [3.05, 3.63) is 53.6 Å². The number of anilines is 2. The van der Waals surface area contributed by atoms with Crippen LogP contribution in [0.3, 0.4) is 0 Å². The molecule has 2 aromatic carbocycles. The van der Waals surface area contributed by atoms with Crippen molar-refractivity contribution in [3.8, 4) is 5.75 Å². The van der Waals surface area contributed by atoms with Crippen LogP contribution in [0.5, 0.6) is 5.75 Å². The number of ether oxygens (including phenoxy) is 1. The van der Waals surface area contributed by atoms with Crippen molar-refractivity contribution in [2.75, 3.05) is 23.9 Å². The van der Waals surface area contributed by atoms with E-state index in [1.54, 1.807) is 12.0 Å². The zero-order valence-corrected chi connectivity index (χ0v) is 16.3. The molecule has 0 aromatic heterocycles. The molecule has 0 radical (unpaired) electrons. The van der Waals surface area contributed by atoms with E-state index in [4.69, 9.17) is 4.74 Å². The van der Waals surface area contributed by atoms with Gasteiger partial charge in [0.05, 0.1) is 13.0 Å². The molecule has 2 aromatic rings. The van der Waals surface area contributed by atoms with E-state index in [1.807, 2.05) is 49.4 Å². The Morgan fingerprint density at radius 3 is 2.52 bits per heavy atom. The van der Waals surface area contributed by atoms with Gasteiger partial charge in [-0.1, -0.05) is 32.0 Å². The minimum absolute atomic E-state index is 0.0332. The Morgan fingerprint density at radius 2 is 1.89 bits per heavy atom. The summed E-state index contributed by atoms with van der Waals surface area (Å²) in [6.45, 7) is 6.59. The first-order valence-corrected chi connectivity index (χ1v) is 9.25. The van der Waals surface area contributed by atoms with Crippen molar-refractivity contribution in [2.45, 2.75) is 33.1 Å². The van der Waals surface area contributed by atoms with E-state index < -0.39 is 0 Å². The number of nitrogens with one attached hydrogen (secondary N) is 1. The largest absolute Gasteiger partial charge is 0.497 e. The highest BCUT2D eigenvalue weighted by molar-refractivity contribution is 6.04. The van der Waals surface area contributed by atoms with Crippen LogP contribution in [0.2, 0.25) is 0 Å². The van der Waals surface area contributed by atoms with Crippen LogP contribution in [0.1, 0.15) is 37.3 Å². The average Bonchev–Trinajstić information content (AvgIpc) is 3.05. The smallest absolute Gasteiger partial charge is 0.229 e. The number of nitrogens with zero attached hydrogens (tertiary/aromatic N) is 1. The molecule has 2 amide bonds. The number of benzene rings is 2. The predicted octanol–water partition coefficient (Wildman–Crippen LogP) is 4.12. The summed E-state index contributed by atoms with van der Waals surface area (Å²) in [6, 6.07) is 13.4. The molecule has 1 aliphatic rings. The van der Waals surface area contributed by atoms with Gasteiger partial charge >= 0.3 is 0 Å². The third-order valence-corrected chi connectivity index (χ3v) is 5.06.